The predicted molar refractivity (Wildman–Crippen MR) is 129 cm³/mol. The van der Waals surface area contributed by atoms with Gasteiger partial charge in [-0.3, -0.25) is 9.63 Å². The van der Waals surface area contributed by atoms with Crippen LogP contribution >= 0.6 is 7.14 Å². The number of aromatic nitrogens is 2. The van der Waals surface area contributed by atoms with E-state index in [4.69, 9.17) is 4.84 Å². The molecular weight excluding hydrogens is 482 g/mol. The average molecular weight is 507 g/mol. The van der Waals surface area contributed by atoms with Gasteiger partial charge in [-0.15, -0.1) is 0 Å². The zero-order chi connectivity index (χ0) is 25.6. The lowest BCUT2D eigenvalue weighted by Gasteiger charge is -2.18. The van der Waals surface area contributed by atoms with Crippen molar-refractivity contribution in [3.8, 4) is 0 Å². The summed E-state index contributed by atoms with van der Waals surface area (Å²) in [7, 11) is -2.78. The molecule has 1 aromatic heterocycles. The van der Waals surface area contributed by atoms with Gasteiger partial charge in [-0.05, 0) is 56.1 Å². The molecule has 3 aromatic rings. The molecule has 0 spiro atoms. The second kappa shape index (κ2) is 10.9. The van der Waals surface area contributed by atoms with E-state index in [-0.39, 0.29) is 11.6 Å². The zero-order valence-electron chi connectivity index (χ0n) is 19.3. The number of carbonyl (C=O) groups excluding carboxylic acids is 1. The molecule has 0 aliphatic heterocycles. The normalized spacial score (nSPS) is 11.7. The van der Waals surface area contributed by atoms with E-state index in [9.17, 15) is 22.5 Å². The van der Waals surface area contributed by atoms with Gasteiger partial charge in [-0.1, -0.05) is 19.1 Å². The van der Waals surface area contributed by atoms with Gasteiger partial charge in [0.25, 0.3) is 5.91 Å². The highest BCUT2D eigenvalue weighted by atomic mass is 31.2. The quantitative estimate of drug-likeness (QED) is 0.205. The number of halogens is 3. The van der Waals surface area contributed by atoms with Crippen molar-refractivity contribution >= 4 is 41.5 Å². The second-order valence-electron chi connectivity index (χ2n) is 7.93. The largest absolute Gasteiger partial charge is 0.421 e. The first kappa shape index (κ1) is 26.2. The fourth-order valence-corrected chi connectivity index (χ4v) is 4.19. The number of anilines is 4. The third-order valence-corrected chi connectivity index (χ3v) is 6.26. The van der Waals surface area contributed by atoms with Crippen LogP contribution < -0.4 is 21.4 Å². The number of amides is 1. The van der Waals surface area contributed by atoms with Crippen LogP contribution in [-0.4, -0.2) is 35.8 Å². The Kier molecular flexibility index (Phi) is 8.14. The number of carbonyl (C=O) groups is 1. The predicted octanol–water partition coefficient (Wildman–Crippen LogP) is 5.30. The van der Waals surface area contributed by atoms with Crippen molar-refractivity contribution in [2.45, 2.75) is 19.5 Å². The Balaban J connectivity index is 1.86. The van der Waals surface area contributed by atoms with Gasteiger partial charge >= 0.3 is 6.18 Å². The first-order chi connectivity index (χ1) is 16.5. The zero-order valence-corrected chi connectivity index (χ0v) is 20.2. The second-order valence-corrected chi connectivity index (χ2v) is 11.1. The van der Waals surface area contributed by atoms with Crippen LogP contribution in [0.5, 0.6) is 0 Å². The van der Waals surface area contributed by atoms with Crippen molar-refractivity contribution < 1.29 is 27.4 Å². The van der Waals surface area contributed by atoms with Crippen LogP contribution in [0.4, 0.5) is 36.3 Å². The third-order valence-electron chi connectivity index (χ3n) is 4.71. The van der Waals surface area contributed by atoms with Gasteiger partial charge in [0, 0.05) is 22.8 Å². The van der Waals surface area contributed by atoms with Crippen LogP contribution in [0.3, 0.4) is 0 Å². The van der Waals surface area contributed by atoms with Gasteiger partial charge in [-0.25, -0.2) is 10.5 Å². The number of nitrogens with one attached hydrogen (secondary N) is 3. The minimum atomic E-state index is -4.72. The molecule has 0 unspecified atom stereocenters. The summed E-state index contributed by atoms with van der Waals surface area (Å²) in [6.07, 6.45) is -3.30. The van der Waals surface area contributed by atoms with E-state index in [1.54, 1.807) is 36.4 Å². The molecule has 0 saturated carbocycles. The molecule has 0 fully saturated rings. The number of hydrogen-bond donors (Lipinski definition) is 3. The van der Waals surface area contributed by atoms with Gasteiger partial charge in [0.05, 0.1) is 12.3 Å². The van der Waals surface area contributed by atoms with Crippen LogP contribution in [0.15, 0.2) is 54.7 Å². The average Bonchev–Trinajstić information content (AvgIpc) is 2.79. The van der Waals surface area contributed by atoms with Gasteiger partial charge in [0.2, 0.25) is 5.95 Å². The molecule has 12 heteroatoms. The lowest BCUT2D eigenvalue weighted by Crippen LogP contribution is -2.23. The Labute approximate surface area is 200 Å². The Morgan fingerprint density at radius 3 is 2.37 bits per heavy atom. The van der Waals surface area contributed by atoms with E-state index in [1.807, 2.05) is 6.92 Å². The molecule has 8 nitrogen and oxygen atoms in total. The summed E-state index contributed by atoms with van der Waals surface area (Å²) in [6.45, 7) is 5.35. The van der Waals surface area contributed by atoms with E-state index in [2.05, 4.69) is 26.1 Å². The van der Waals surface area contributed by atoms with Crippen LogP contribution in [-0.2, 0) is 15.6 Å². The van der Waals surface area contributed by atoms with Crippen LogP contribution in [0, 0.1) is 0 Å². The Morgan fingerprint density at radius 2 is 1.74 bits per heavy atom. The molecule has 3 N–H and O–H groups in total. The highest BCUT2D eigenvalue weighted by Crippen LogP contribution is 2.40. The van der Waals surface area contributed by atoms with E-state index in [1.165, 1.54) is 25.5 Å². The summed E-state index contributed by atoms with van der Waals surface area (Å²) in [5, 5.41) is 5.90. The summed E-state index contributed by atoms with van der Waals surface area (Å²) in [4.78, 5) is 24.8. The van der Waals surface area contributed by atoms with Crippen molar-refractivity contribution in [1.29, 1.82) is 0 Å². The van der Waals surface area contributed by atoms with E-state index >= 15 is 0 Å². The molecule has 35 heavy (non-hydrogen) atoms. The number of alkyl halides is 3. The van der Waals surface area contributed by atoms with Crippen LogP contribution in [0.25, 0.3) is 0 Å². The highest BCUT2D eigenvalue weighted by Gasteiger charge is 2.35. The Bertz CT molecular complexity index is 1230. The maximum atomic E-state index is 13.6. The van der Waals surface area contributed by atoms with Crippen molar-refractivity contribution in [2.24, 2.45) is 0 Å². The molecule has 0 atom stereocenters. The van der Waals surface area contributed by atoms with Crippen molar-refractivity contribution in [2.75, 3.05) is 30.6 Å². The summed E-state index contributed by atoms with van der Waals surface area (Å²) >= 11 is 0. The molecular formula is C23H25F3N5O3P. The number of hydroxylamine groups is 1. The lowest BCUT2D eigenvalue weighted by atomic mass is 10.2. The van der Waals surface area contributed by atoms with Gasteiger partial charge in [0.15, 0.2) is 0 Å². The van der Waals surface area contributed by atoms with E-state index < -0.39 is 30.6 Å². The molecule has 0 radical (unpaired) electrons. The number of hydrogen-bond acceptors (Lipinski definition) is 7. The molecule has 1 heterocycles. The molecule has 0 aliphatic rings. The molecule has 0 saturated heterocycles. The van der Waals surface area contributed by atoms with Crippen molar-refractivity contribution in [3.63, 3.8) is 0 Å². The monoisotopic (exact) mass is 507 g/mol. The molecule has 0 bridgehead atoms. The summed E-state index contributed by atoms with van der Waals surface area (Å²) in [5.41, 5.74) is 2.29. The standard InChI is InChI=1S/C23H25F3N5O3P/c1-4-13-34-31-21(32)15-9-11-16(12-10-15)28-22-27-14-17(23(24,25)26)20(30-22)29-18-7-5-6-8-19(18)35(2,3)33/h5-12,14H,4,13H2,1-3H3,(H,31,32)(H2,27,28,29,30). The Hall–Kier alpha value is -3.43. The van der Waals surface area contributed by atoms with Gasteiger partial charge < -0.3 is 15.2 Å². The van der Waals surface area contributed by atoms with Crippen LogP contribution in [0.2, 0.25) is 0 Å². The minimum absolute atomic E-state index is 0.0994. The van der Waals surface area contributed by atoms with Crippen molar-refractivity contribution in [3.05, 3.63) is 65.9 Å². The topological polar surface area (TPSA) is 105 Å². The smallest absolute Gasteiger partial charge is 0.339 e. The fraction of sp³-hybridized carbons (Fsp3) is 0.261. The minimum Gasteiger partial charge on any atom is -0.339 e. The third kappa shape index (κ3) is 7.03. The van der Waals surface area contributed by atoms with Gasteiger partial charge in [0.1, 0.15) is 18.5 Å². The summed E-state index contributed by atoms with van der Waals surface area (Å²) in [5.74, 6) is -1.01. The molecule has 0 aliphatic carbocycles. The van der Waals surface area contributed by atoms with Crippen molar-refractivity contribution in [1.82, 2.24) is 15.4 Å². The van der Waals surface area contributed by atoms with Crippen LogP contribution in [0.1, 0.15) is 29.3 Å². The van der Waals surface area contributed by atoms with E-state index in [0.717, 1.165) is 6.42 Å². The number of benzene rings is 2. The van der Waals surface area contributed by atoms with Gasteiger partial charge in [-0.2, -0.15) is 18.2 Å². The number of para-hydroxylation sites is 1. The lowest BCUT2D eigenvalue weighted by molar-refractivity contribution is -0.137. The van der Waals surface area contributed by atoms with E-state index in [0.29, 0.717) is 29.4 Å². The number of rotatable bonds is 9. The molecule has 2 aromatic carbocycles. The number of nitrogens with zero attached hydrogens (tertiary/aromatic N) is 2. The molecule has 186 valence electrons. The summed E-state index contributed by atoms with van der Waals surface area (Å²) in [6, 6.07) is 12.6. The Morgan fingerprint density at radius 1 is 1.06 bits per heavy atom. The molecule has 3 rings (SSSR count). The highest BCUT2D eigenvalue weighted by molar-refractivity contribution is 7.70. The first-order valence-corrected chi connectivity index (χ1v) is 13.2. The maximum absolute atomic E-state index is 13.6. The fourth-order valence-electron chi connectivity index (χ4n) is 3.03. The first-order valence-electron chi connectivity index (χ1n) is 10.6. The summed E-state index contributed by atoms with van der Waals surface area (Å²) < 4.78 is 53.5. The SMILES string of the molecule is CCCONC(=O)c1ccc(Nc2ncc(C(F)(F)F)c(Nc3ccccc3P(C)(C)=O)n2)cc1. The molecule has 1 amide bonds. The maximum Gasteiger partial charge on any atom is 0.421 e.